The molecular formula is C18H27NO3. The molecule has 1 fully saturated rings. The minimum absolute atomic E-state index is 0.0111. The van der Waals surface area contributed by atoms with Crippen molar-refractivity contribution in [2.75, 3.05) is 13.7 Å². The van der Waals surface area contributed by atoms with E-state index in [9.17, 15) is 9.59 Å². The van der Waals surface area contributed by atoms with Crippen LogP contribution in [-0.2, 0) is 9.59 Å². The first kappa shape index (κ1) is 18.2. The van der Waals surface area contributed by atoms with Crippen molar-refractivity contribution in [3.8, 4) is 5.75 Å². The Balaban J connectivity index is 0.00000116. The van der Waals surface area contributed by atoms with Crippen LogP contribution in [0.5, 0.6) is 5.75 Å². The molecule has 122 valence electrons. The maximum Gasteiger partial charge on any atom is 0.223 e. The molecule has 0 bridgehead atoms. The van der Waals surface area contributed by atoms with Crippen molar-refractivity contribution in [2.24, 2.45) is 5.92 Å². The molecular weight excluding hydrogens is 278 g/mol. The average Bonchev–Trinajstić information content (AvgIpc) is 2.97. The van der Waals surface area contributed by atoms with E-state index in [1.54, 1.807) is 12.0 Å². The van der Waals surface area contributed by atoms with E-state index in [2.05, 4.69) is 0 Å². The fourth-order valence-electron chi connectivity index (χ4n) is 2.67. The van der Waals surface area contributed by atoms with Gasteiger partial charge >= 0.3 is 0 Å². The quantitative estimate of drug-likeness (QED) is 0.835. The Kier molecular flexibility index (Phi) is 7.09. The van der Waals surface area contributed by atoms with Gasteiger partial charge in [0.15, 0.2) is 0 Å². The van der Waals surface area contributed by atoms with E-state index in [0.29, 0.717) is 19.4 Å². The first-order valence-electron chi connectivity index (χ1n) is 8.03. The second-order valence-electron chi connectivity index (χ2n) is 5.22. The Labute approximate surface area is 133 Å². The van der Waals surface area contributed by atoms with Crippen molar-refractivity contribution < 1.29 is 14.3 Å². The molecule has 22 heavy (non-hydrogen) atoms. The number of rotatable bonds is 5. The smallest absolute Gasteiger partial charge is 0.223 e. The van der Waals surface area contributed by atoms with Crippen molar-refractivity contribution >= 4 is 11.7 Å². The minimum Gasteiger partial charge on any atom is -0.497 e. The van der Waals surface area contributed by atoms with E-state index in [4.69, 9.17) is 4.74 Å². The zero-order valence-corrected chi connectivity index (χ0v) is 14.3. The highest BCUT2D eigenvalue weighted by Crippen LogP contribution is 2.30. The summed E-state index contributed by atoms with van der Waals surface area (Å²) in [5.41, 5.74) is 1.06. The van der Waals surface area contributed by atoms with Gasteiger partial charge in [-0.25, -0.2) is 0 Å². The highest BCUT2D eigenvalue weighted by molar-refractivity contribution is 5.90. The zero-order chi connectivity index (χ0) is 16.7. The normalized spacial score (nSPS) is 18.5. The molecule has 1 saturated heterocycles. The molecule has 0 aromatic heterocycles. The molecule has 2 atom stereocenters. The Morgan fingerprint density at radius 2 is 1.91 bits per heavy atom. The Morgan fingerprint density at radius 3 is 2.41 bits per heavy atom. The van der Waals surface area contributed by atoms with Gasteiger partial charge in [-0.15, -0.1) is 0 Å². The third-order valence-electron chi connectivity index (χ3n) is 4.03. The molecule has 4 nitrogen and oxygen atoms in total. The molecule has 0 radical (unpaired) electrons. The number of ketones is 1. The van der Waals surface area contributed by atoms with Gasteiger partial charge in [0.1, 0.15) is 11.5 Å². The van der Waals surface area contributed by atoms with Crippen molar-refractivity contribution in [1.82, 2.24) is 4.90 Å². The lowest BCUT2D eigenvalue weighted by atomic mass is 10.0. The van der Waals surface area contributed by atoms with Gasteiger partial charge in [0, 0.05) is 25.3 Å². The number of hydrogen-bond acceptors (Lipinski definition) is 3. The lowest BCUT2D eigenvalue weighted by Crippen LogP contribution is -2.29. The van der Waals surface area contributed by atoms with Crippen LogP contribution in [0.1, 0.15) is 52.1 Å². The first-order chi connectivity index (χ1) is 10.6. The third-order valence-corrected chi connectivity index (χ3v) is 4.03. The number of methoxy groups -OCH3 is 1. The summed E-state index contributed by atoms with van der Waals surface area (Å²) in [4.78, 5) is 25.6. The second-order valence-corrected chi connectivity index (χ2v) is 5.22. The summed E-state index contributed by atoms with van der Waals surface area (Å²) in [5, 5.41) is 0. The number of benzene rings is 1. The highest BCUT2D eigenvalue weighted by Gasteiger charge is 2.36. The SMILES string of the molecule is CC.CCC(=O)C1CC(=O)N(C(C)c2ccc(OC)cc2)C1. The number of carbonyl (C=O) groups excluding carboxylic acids is 2. The van der Waals surface area contributed by atoms with Crippen molar-refractivity contribution in [1.29, 1.82) is 0 Å². The Hall–Kier alpha value is -1.84. The van der Waals surface area contributed by atoms with Gasteiger partial charge in [-0.05, 0) is 24.6 Å². The van der Waals surface area contributed by atoms with Gasteiger partial charge in [-0.3, -0.25) is 9.59 Å². The summed E-state index contributed by atoms with van der Waals surface area (Å²) >= 11 is 0. The van der Waals surface area contributed by atoms with E-state index in [-0.39, 0.29) is 23.7 Å². The fraction of sp³-hybridized carbons (Fsp3) is 0.556. The number of ether oxygens (including phenoxy) is 1. The standard InChI is InChI=1S/C16H21NO3.C2H6/c1-4-15(18)13-9-16(19)17(10-13)11(2)12-5-7-14(20-3)8-6-12;1-2/h5-8,11,13H,4,9-10H2,1-3H3;1-2H3. The second kappa shape index (κ2) is 8.57. The molecule has 0 spiro atoms. The van der Waals surface area contributed by atoms with Crippen LogP contribution in [0, 0.1) is 5.92 Å². The molecule has 0 N–H and O–H groups in total. The lowest BCUT2D eigenvalue weighted by molar-refractivity contribution is -0.130. The minimum atomic E-state index is -0.131. The molecule has 4 heteroatoms. The number of likely N-dealkylation sites (tertiary alicyclic amines) is 1. The summed E-state index contributed by atoms with van der Waals surface area (Å²) in [6.07, 6.45) is 0.857. The maximum absolute atomic E-state index is 12.1. The summed E-state index contributed by atoms with van der Waals surface area (Å²) in [7, 11) is 1.63. The molecule has 1 aliphatic rings. The van der Waals surface area contributed by atoms with Gasteiger partial charge in [-0.2, -0.15) is 0 Å². The summed E-state index contributed by atoms with van der Waals surface area (Å²) < 4.78 is 5.13. The monoisotopic (exact) mass is 305 g/mol. The van der Waals surface area contributed by atoms with Crippen LogP contribution in [0.2, 0.25) is 0 Å². The molecule has 2 rings (SSSR count). The van der Waals surface area contributed by atoms with Gasteiger partial charge in [0.25, 0.3) is 0 Å². The molecule has 1 aromatic carbocycles. The van der Waals surface area contributed by atoms with Crippen LogP contribution in [0.4, 0.5) is 0 Å². The Bertz CT molecular complexity index is 496. The molecule has 1 aliphatic heterocycles. The molecule has 1 aromatic rings. The number of carbonyl (C=O) groups is 2. The summed E-state index contributed by atoms with van der Waals surface area (Å²) in [6.45, 7) is 8.39. The van der Waals surface area contributed by atoms with E-state index in [0.717, 1.165) is 11.3 Å². The third kappa shape index (κ3) is 4.09. The van der Waals surface area contributed by atoms with Crippen LogP contribution < -0.4 is 4.74 Å². The predicted molar refractivity (Wildman–Crippen MR) is 87.9 cm³/mol. The predicted octanol–water partition coefficient (Wildman–Crippen LogP) is 3.61. The van der Waals surface area contributed by atoms with Crippen LogP contribution in [0.3, 0.4) is 0 Å². The van der Waals surface area contributed by atoms with Crippen LogP contribution in [-0.4, -0.2) is 30.2 Å². The van der Waals surface area contributed by atoms with Gasteiger partial charge in [0.2, 0.25) is 5.91 Å². The van der Waals surface area contributed by atoms with Gasteiger partial charge in [-0.1, -0.05) is 32.9 Å². The van der Waals surface area contributed by atoms with E-state index < -0.39 is 0 Å². The van der Waals surface area contributed by atoms with Crippen molar-refractivity contribution in [3.63, 3.8) is 0 Å². The van der Waals surface area contributed by atoms with Crippen LogP contribution in [0.25, 0.3) is 0 Å². The van der Waals surface area contributed by atoms with Crippen molar-refractivity contribution in [2.45, 2.75) is 46.6 Å². The molecule has 1 amide bonds. The molecule has 0 aliphatic carbocycles. The Morgan fingerprint density at radius 1 is 1.32 bits per heavy atom. The summed E-state index contributed by atoms with van der Waals surface area (Å²) in [5.74, 6) is 0.920. The highest BCUT2D eigenvalue weighted by atomic mass is 16.5. The van der Waals surface area contributed by atoms with Crippen LogP contribution >= 0.6 is 0 Å². The first-order valence-corrected chi connectivity index (χ1v) is 8.03. The fourth-order valence-corrected chi connectivity index (χ4v) is 2.67. The number of Topliss-reactive ketones (excluding diaryl/α,β-unsaturated/α-hetero) is 1. The van der Waals surface area contributed by atoms with Gasteiger partial charge in [0.05, 0.1) is 13.2 Å². The van der Waals surface area contributed by atoms with E-state index in [1.807, 2.05) is 52.0 Å². The lowest BCUT2D eigenvalue weighted by Gasteiger charge is -2.25. The van der Waals surface area contributed by atoms with E-state index in [1.165, 1.54) is 0 Å². The largest absolute Gasteiger partial charge is 0.497 e. The summed E-state index contributed by atoms with van der Waals surface area (Å²) in [6, 6.07) is 7.70. The number of amides is 1. The topological polar surface area (TPSA) is 46.6 Å². The maximum atomic E-state index is 12.1. The molecule has 1 heterocycles. The van der Waals surface area contributed by atoms with Crippen molar-refractivity contribution in [3.05, 3.63) is 29.8 Å². The zero-order valence-electron chi connectivity index (χ0n) is 14.3. The van der Waals surface area contributed by atoms with Crippen LogP contribution in [0.15, 0.2) is 24.3 Å². The number of nitrogens with zero attached hydrogens (tertiary/aromatic N) is 1. The number of hydrogen-bond donors (Lipinski definition) is 0. The molecule has 2 unspecified atom stereocenters. The molecule has 0 saturated carbocycles. The van der Waals surface area contributed by atoms with Gasteiger partial charge < -0.3 is 9.64 Å². The average molecular weight is 305 g/mol. The van der Waals surface area contributed by atoms with E-state index >= 15 is 0 Å².